The summed E-state index contributed by atoms with van der Waals surface area (Å²) in [6, 6.07) is 4.68. The van der Waals surface area contributed by atoms with E-state index in [9.17, 15) is 9.90 Å². The van der Waals surface area contributed by atoms with Crippen molar-refractivity contribution in [1.82, 2.24) is 14.8 Å². The van der Waals surface area contributed by atoms with E-state index in [0.29, 0.717) is 11.3 Å². The van der Waals surface area contributed by atoms with Gasteiger partial charge in [0, 0.05) is 5.56 Å². The number of ketones is 1. The number of aromatic hydroxyl groups is 1. The molecule has 0 aliphatic rings. The van der Waals surface area contributed by atoms with Gasteiger partial charge in [-0.1, -0.05) is 0 Å². The third-order valence-electron chi connectivity index (χ3n) is 2.05. The molecule has 0 fully saturated rings. The molecule has 76 valence electrons. The molecule has 1 N–H and O–H groups in total. The first-order valence-corrected chi connectivity index (χ1v) is 4.37. The largest absolute Gasteiger partial charge is 0.506 e. The molecule has 0 aliphatic heterocycles. The van der Waals surface area contributed by atoms with E-state index >= 15 is 0 Å². The number of benzene rings is 1. The number of carbonyl (C=O) groups is 1. The van der Waals surface area contributed by atoms with Crippen LogP contribution in [0.2, 0.25) is 0 Å². The number of hydrogen-bond acceptors (Lipinski definition) is 4. The van der Waals surface area contributed by atoms with Crippen molar-refractivity contribution in [3.8, 4) is 11.4 Å². The van der Waals surface area contributed by atoms with Gasteiger partial charge in [0.15, 0.2) is 5.78 Å². The average Bonchev–Trinajstić information content (AvgIpc) is 2.70. The Labute approximate surface area is 86.0 Å². The van der Waals surface area contributed by atoms with Crippen LogP contribution in [0.4, 0.5) is 0 Å². The highest BCUT2D eigenvalue weighted by Crippen LogP contribution is 2.21. The Morgan fingerprint density at radius 3 is 2.80 bits per heavy atom. The van der Waals surface area contributed by atoms with Crippen LogP contribution in [0.3, 0.4) is 0 Å². The number of rotatable bonds is 2. The zero-order chi connectivity index (χ0) is 10.8. The summed E-state index contributed by atoms with van der Waals surface area (Å²) in [6.07, 6.45) is 2.85. The van der Waals surface area contributed by atoms with Crippen LogP contribution in [0.5, 0.6) is 5.75 Å². The number of carbonyl (C=O) groups excluding carboxylic acids is 1. The van der Waals surface area contributed by atoms with Gasteiger partial charge in [-0.3, -0.25) is 4.79 Å². The summed E-state index contributed by atoms with van der Waals surface area (Å²) in [6.45, 7) is 1.45. The fourth-order valence-corrected chi connectivity index (χ4v) is 1.27. The fourth-order valence-electron chi connectivity index (χ4n) is 1.27. The maximum absolute atomic E-state index is 11.0. The summed E-state index contributed by atoms with van der Waals surface area (Å²) in [5, 5.41) is 13.6. The molecule has 2 rings (SSSR count). The van der Waals surface area contributed by atoms with Gasteiger partial charge in [0.05, 0.1) is 0 Å². The first-order valence-electron chi connectivity index (χ1n) is 4.37. The van der Waals surface area contributed by atoms with E-state index in [2.05, 4.69) is 10.1 Å². The van der Waals surface area contributed by atoms with Crippen molar-refractivity contribution in [2.45, 2.75) is 6.92 Å². The van der Waals surface area contributed by atoms with Crippen LogP contribution in [0.25, 0.3) is 5.69 Å². The average molecular weight is 203 g/mol. The van der Waals surface area contributed by atoms with Crippen LogP contribution in [0, 0.1) is 0 Å². The minimum absolute atomic E-state index is 0.00759. The lowest BCUT2D eigenvalue weighted by Crippen LogP contribution is -1.97. The lowest BCUT2D eigenvalue weighted by Gasteiger charge is -2.04. The Bertz CT molecular complexity index is 491. The Kier molecular flexibility index (Phi) is 2.21. The van der Waals surface area contributed by atoms with Crippen LogP contribution in [0.15, 0.2) is 30.9 Å². The van der Waals surface area contributed by atoms with Crippen LogP contribution < -0.4 is 0 Å². The first-order chi connectivity index (χ1) is 7.18. The van der Waals surface area contributed by atoms with Gasteiger partial charge in [0.2, 0.25) is 0 Å². The minimum Gasteiger partial charge on any atom is -0.506 e. The topological polar surface area (TPSA) is 68.0 Å². The van der Waals surface area contributed by atoms with E-state index in [1.165, 1.54) is 30.3 Å². The van der Waals surface area contributed by atoms with Gasteiger partial charge in [-0.15, -0.1) is 0 Å². The van der Waals surface area contributed by atoms with E-state index in [1.54, 1.807) is 12.1 Å². The number of phenols is 1. The number of nitrogens with zero attached hydrogens (tertiary/aromatic N) is 3. The van der Waals surface area contributed by atoms with Gasteiger partial charge in [0.1, 0.15) is 24.1 Å². The van der Waals surface area contributed by atoms with E-state index in [0.717, 1.165) is 0 Å². The maximum Gasteiger partial charge on any atom is 0.159 e. The van der Waals surface area contributed by atoms with E-state index in [4.69, 9.17) is 0 Å². The summed E-state index contributed by atoms with van der Waals surface area (Å²) < 4.78 is 1.43. The van der Waals surface area contributed by atoms with E-state index < -0.39 is 0 Å². The fraction of sp³-hybridized carbons (Fsp3) is 0.100. The van der Waals surface area contributed by atoms with Crippen LogP contribution in [-0.4, -0.2) is 25.7 Å². The Balaban J connectivity index is 2.48. The summed E-state index contributed by atoms with van der Waals surface area (Å²) >= 11 is 0. The number of phenolic OH excluding ortho intramolecular Hbond substituents is 1. The van der Waals surface area contributed by atoms with Crippen molar-refractivity contribution in [3.63, 3.8) is 0 Å². The molecule has 0 aliphatic carbocycles. The van der Waals surface area contributed by atoms with E-state index in [-0.39, 0.29) is 11.5 Å². The highest BCUT2D eigenvalue weighted by Gasteiger charge is 2.07. The van der Waals surface area contributed by atoms with Crippen molar-refractivity contribution in [3.05, 3.63) is 36.4 Å². The molecule has 2 aromatic rings. The number of aromatic nitrogens is 3. The Hall–Kier alpha value is -2.17. The van der Waals surface area contributed by atoms with Gasteiger partial charge >= 0.3 is 0 Å². The summed E-state index contributed by atoms with van der Waals surface area (Å²) in [5.74, 6) is -0.0800. The predicted molar refractivity (Wildman–Crippen MR) is 53.0 cm³/mol. The van der Waals surface area contributed by atoms with Crippen molar-refractivity contribution in [2.24, 2.45) is 0 Å². The van der Waals surface area contributed by atoms with Crippen LogP contribution in [0.1, 0.15) is 17.3 Å². The molecule has 0 saturated heterocycles. The van der Waals surface area contributed by atoms with Gasteiger partial charge in [-0.05, 0) is 25.1 Å². The second kappa shape index (κ2) is 3.53. The Morgan fingerprint density at radius 2 is 2.27 bits per heavy atom. The second-order valence-electron chi connectivity index (χ2n) is 3.10. The molecule has 0 unspecified atom stereocenters. The lowest BCUT2D eigenvalue weighted by atomic mass is 10.1. The zero-order valence-corrected chi connectivity index (χ0v) is 8.08. The third-order valence-corrected chi connectivity index (χ3v) is 2.05. The van der Waals surface area contributed by atoms with E-state index in [1.807, 2.05) is 0 Å². The summed E-state index contributed by atoms with van der Waals surface area (Å²) in [7, 11) is 0. The molecular weight excluding hydrogens is 194 g/mol. The molecule has 15 heavy (non-hydrogen) atoms. The maximum atomic E-state index is 11.0. The summed E-state index contributed by atoms with van der Waals surface area (Å²) in [5.41, 5.74) is 0.967. The number of hydrogen-bond donors (Lipinski definition) is 1. The van der Waals surface area contributed by atoms with Crippen molar-refractivity contribution < 1.29 is 9.90 Å². The monoisotopic (exact) mass is 203 g/mol. The minimum atomic E-state index is -0.0876. The van der Waals surface area contributed by atoms with Gasteiger partial charge in [0.25, 0.3) is 0 Å². The van der Waals surface area contributed by atoms with Crippen LogP contribution >= 0.6 is 0 Å². The molecule has 1 aromatic carbocycles. The standard InChI is InChI=1S/C10H9N3O2/c1-7(14)8-2-3-9(10(15)4-8)13-6-11-5-12-13/h2-6,15H,1H3. The van der Waals surface area contributed by atoms with Crippen LogP contribution in [-0.2, 0) is 0 Å². The van der Waals surface area contributed by atoms with Gasteiger partial charge in [-0.25, -0.2) is 9.67 Å². The van der Waals surface area contributed by atoms with Gasteiger partial charge < -0.3 is 5.11 Å². The normalized spacial score (nSPS) is 10.2. The quantitative estimate of drug-likeness (QED) is 0.744. The molecule has 5 nitrogen and oxygen atoms in total. The van der Waals surface area contributed by atoms with Crippen molar-refractivity contribution in [1.29, 1.82) is 0 Å². The summed E-state index contributed by atoms with van der Waals surface area (Å²) in [4.78, 5) is 14.8. The first kappa shape index (κ1) is 9.39. The predicted octanol–water partition coefficient (Wildman–Crippen LogP) is 1.18. The zero-order valence-electron chi connectivity index (χ0n) is 8.08. The smallest absolute Gasteiger partial charge is 0.159 e. The highest BCUT2D eigenvalue weighted by atomic mass is 16.3. The Morgan fingerprint density at radius 1 is 1.47 bits per heavy atom. The molecule has 5 heteroatoms. The van der Waals surface area contributed by atoms with Crippen molar-refractivity contribution in [2.75, 3.05) is 0 Å². The molecule has 0 saturated carbocycles. The molecular formula is C10H9N3O2. The second-order valence-corrected chi connectivity index (χ2v) is 3.10. The van der Waals surface area contributed by atoms with Gasteiger partial charge in [-0.2, -0.15) is 5.10 Å². The number of Topliss-reactive ketones (excluding diaryl/α,β-unsaturated/α-hetero) is 1. The molecule has 1 aromatic heterocycles. The molecule has 0 radical (unpaired) electrons. The van der Waals surface area contributed by atoms with Crippen molar-refractivity contribution >= 4 is 5.78 Å². The lowest BCUT2D eigenvalue weighted by molar-refractivity contribution is 0.101. The molecule has 0 atom stereocenters. The molecule has 1 heterocycles. The molecule has 0 spiro atoms. The third kappa shape index (κ3) is 1.71. The molecule has 0 bridgehead atoms. The SMILES string of the molecule is CC(=O)c1ccc(-n2cncn2)c(O)c1. The highest BCUT2D eigenvalue weighted by molar-refractivity contribution is 5.94. The molecule has 0 amide bonds.